The van der Waals surface area contributed by atoms with Crippen molar-refractivity contribution in [2.24, 2.45) is 0 Å². The van der Waals surface area contributed by atoms with Crippen LogP contribution in [0.3, 0.4) is 0 Å². The third-order valence-electron chi connectivity index (χ3n) is 4.13. The molecule has 1 N–H and O–H groups in total. The van der Waals surface area contributed by atoms with Crippen molar-refractivity contribution in [1.29, 1.82) is 0 Å². The summed E-state index contributed by atoms with van der Waals surface area (Å²) in [6, 6.07) is 4.74. The van der Waals surface area contributed by atoms with E-state index in [0.717, 1.165) is 12.8 Å². The van der Waals surface area contributed by atoms with Gasteiger partial charge in [-0.2, -0.15) is 0 Å². The summed E-state index contributed by atoms with van der Waals surface area (Å²) >= 11 is 0. The normalized spacial score (nSPS) is 10.3. The molecule has 1 aromatic carbocycles. The first-order chi connectivity index (χ1) is 10.7. The molecule has 0 aromatic heterocycles. The minimum absolute atomic E-state index is 0. The monoisotopic (exact) mass is 328 g/mol. The fourth-order valence-corrected chi connectivity index (χ4v) is 2.83. The summed E-state index contributed by atoms with van der Waals surface area (Å²) in [6.07, 6.45) is 13.2. The largest absolute Gasteiger partial charge is 1.00 e. The van der Waals surface area contributed by atoms with E-state index in [-0.39, 0.29) is 40.9 Å². The molecule has 0 bridgehead atoms. The number of aryl methyl sites for hydroxylation is 1. The molecule has 0 aliphatic carbocycles. The van der Waals surface area contributed by atoms with Gasteiger partial charge < -0.3 is 10.2 Å². The van der Waals surface area contributed by atoms with Gasteiger partial charge in [0.1, 0.15) is 0 Å². The maximum Gasteiger partial charge on any atom is 1.00 e. The number of carboxylic acid groups (broad SMARTS) is 1. The summed E-state index contributed by atoms with van der Waals surface area (Å²) in [5.74, 6) is -1.48. The summed E-state index contributed by atoms with van der Waals surface area (Å²) in [5.41, 5.74) is 0.637. The number of aromatic carboxylic acids is 1. The molecule has 23 heavy (non-hydrogen) atoms. The molecule has 0 amide bonds. The Kier molecular flexibility index (Phi) is 13.6. The number of carbonyl (C=O) groups is 1. The van der Waals surface area contributed by atoms with Gasteiger partial charge in [-0.3, -0.25) is 0 Å². The van der Waals surface area contributed by atoms with Gasteiger partial charge in [-0.05, 0) is 18.4 Å². The van der Waals surface area contributed by atoms with Crippen molar-refractivity contribution >= 4 is 5.97 Å². The number of benzene rings is 1. The average Bonchev–Trinajstić information content (AvgIpc) is 2.48. The summed E-state index contributed by atoms with van der Waals surface area (Å²) in [5, 5.41) is 20.7. The number of carboxylic acids is 1. The third kappa shape index (κ3) is 9.39. The van der Waals surface area contributed by atoms with E-state index < -0.39 is 5.97 Å². The van der Waals surface area contributed by atoms with Crippen molar-refractivity contribution in [2.75, 3.05) is 0 Å². The van der Waals surface area contributed by atoms with Crippen LogP contribution in [-0.4, -0.2) is 11.1 Å². The van der Waals surface area contributed by atoms with Gasteiger partial charge in [0.15, 0.2) is 0 Å². The fraction of sp³-hybridized carbons (Fsp3) is 0.632. The molecular weight excluding hydrogens is 299 g/mol. The molecule has 0 atom stereocenters. The Morgan fingerprint density at radius 2 is 1.48 bits per heavy atom. The van der Waals surface area contributed by atoms with Crippen LogP contribution in [0.25, 0.3) is 0 Å². The van der Waals surface area contributed by atoms with Gasteiger partial charge in [-0.1, -0.05) is 88.7 Å². The Hall–Kier alpha value is -0.510. The van der Waals surface area contributed by atoms with Crippen LogP contribution in [-0.2, 0) is 6.42 Å². The zero-order valence-electron chi connectivity index (χ0n) is 14.8. The number of rotatable bonds is 12. The minimum Gasteiger partial charge on any atom is -0.872 e. The van der Waals surface area contributed by atoms with Gasteiger partial charge in [0.05, 0.1) is 5.56 Å². The Bertz CT molecular complexity index is 446. The predicted molar refractivity (Wildman–Crippen MR) is 88.4 cm³/mol. The van der Waals surface area contributed by atoms with Crippen LogP contribution in [0.5, 0.6) is 5.75 Å². The van der Waals surface area contributed by atoms with Crippen LogP contribution in [0.2, 0.25) is 0 Å². The van der Waals surface area contributed by atoms with Crippen LogP contribution in [0, 0.1) is 0 Å². The molecule has 3 nitrogen and oxygen atoms in total. The van der Waals surface area contributed by atoms with Crippen LogP contribution in [0.1, 0.15) is 87.1 Å². The van der Waals surface area contributed by atoms with E-state index in [4.69, 9.17) is 5.11 Å². The van der Waals surface area contributed by atoms with E-state index >= 15 is 0 Å². The number of hydrogen-bond donors (Lipinski definition) is 1. The average molecular weight is 328 g/mol. The Morgan fingerprint density at radius 3 is 2.00 bits per heavy atom. The molecule has 0 radical (unpaired) electrons. The van der Waals surface area contributed by atoms with Gasteiger partial charge in [0, 0.05) is 0 Å². The third-order valence-corrected chi connectivity index (χ3v) is 4.13. The first kappa shape index (κ1) is 22.5. The molecule has 0 saturated heterocycles. The second-order valence-electron chi connectivity index (χ2n) is 6.03. The van der Waals surface area contributed by atoms with Crippen LogP contribution < -0.4 is 34.7 Å². The van der Waals surface area contributed by atoms with Crippen molar-refractivity contribution in [3.05, 3.63) is 29.3 Å². The molecule has 0 aliphatic rings. The maximum absolute atomic E-state index is 11.6. The first-order valence-corrected chi connectivity index (χ1v) is 8.69. The van der Waals surface area contributed by atoms with E-state index in [9.17, 15) is 9.90 Å². The molecule has 0 heterocycles. The quantitative estimate of drug-likeness (QED) is 0.471. The van der Waals surface area contributed by atoms with Gasteiger partial charge in [-0.25, -0.2) is 4.79 Å². The van der Waals surface area contributed by atoms with Gasteiger partial charge in [0.2, 0.25) is 0 Å². The van der Waals surface area contributed by atoms with Gasteiger partial charge in [-0.15, -0.1) is 0 Å². The molecule has 0 saturated carbocycles. The predicted octanol–water partition coefficient (Wildman–Crippen LogP) is 1.93. The first-order valence-electron chi connectivity index (χ1n) is 8.69. The molecule has 124 valence electrons. The standard InChI is InChI=1S/C19H30O3.Na/c1-2-3-4-5-6-7-8-9-10-11-13-16-14-12-15-17(20)18(16)19(21)22;/h12,14-15,20H,2-11,13H2,1H3,(H,21,22);/q;+1/p-1. The van der Waals surface area contributed by atoms with E-state index in [1.165, 1.54) is 57.4 Å². The second-order valence-corrected chi connectivity index (χ2v) is 6.03. The molecule has 0 spiro atoms. The Labute approximate surface area is 162 Å². The fourth-order valence-electron chi connectivity index (χ4n) is 2.83. The SMILES string of the molecule is CCCCCCCCCCCCc1cccc([O-])c1C(=O)O.[Na+]. The second kappa shape index (κ2) is 13.9. The molecular formula is C19H29NaO3. The van der Waals surface area contributed by atoms with Crippen molar-refractivity contribution < 1.29 is 44.6 Å². The molecule has 0 unspecified atom stereocenters. The molecule has 4 heteroatoms. The van der Waals surface area contributed by atoms with E-state index in [1.54, 1.807) is 12.1 Å². The summed E-state index contributed by atoms with van der Waals surface area (Å²) in [4.78, 5) is 11.1. The van der Waals surface area contributed by atoms with Crippen LogP contribution in [0.15, 0.2) is 18.2 Å². The summed E-state index contributed by atoms with van der Waals surface area (Å²) in [6.45, 7) is 2.23. The summed E-state index contributed by atoms with van der Waals surface area (Å²) < 4.78 is 0. The van der Waals surface area contributed by atoms with Crippen LogP contribution in [0.4, 0.5) is 0 Å². The number of hydrogen-bond acceptors (Lipinski definition) is 2. The van der Waals surface area contributed by atoms with Crippen molar-refractivity contribution in [3.8, 4) is 5.75 Å². The molecule has 1 rings (SSSR count). The van der Waals surface area contributed by atoms with E-state index in [0.29, 0.717) is 12.0 Å². The van der Waals surface area contributed by atoms with Crippen LogP contribution >= 0.6 is 0 Å². The summed E-state index contributed by atoms with van der Waals surface area (Å²) in [7, 11) is 0. The Balaban J connectivity index is 0.00000484. The smallest absolute Gasteiger partial charge is 0.872 e. The maximum atomic E-state index is 11.6. The zero-order valence-corrected chi connectivity index (χ0v) is 16.8. The Morgan fingerprint density at radius 1 is 0.957 bits per heavy atom. The zero-order chi connectivity index (χ0) is 16.2. The topological polar surface area (TPSA) is 60.4 Å². The molecule has 1 aromatic rings. The van der Waals surface area contributed by atoms with E-state index in [1.807, 2.05) is 0 Å². The number of unbranched alkanes of at least 4 members (excludes halogenated alkanes) is 9. The van der Waals surface area contributed by atoms with Gasteiger partial charge >= 0.3 is 35.5 Å². The molecule has 0 fully saturated rings. The van der Waals surface area contributed by atoms with E-state index in [2.05, 4.69) is 6.92 Å². The van der Waals surface area contributed by atoms with Crippen molar-refractivity contribution in [1.82, 2.24) is 0 Å². The van der Waals surface area contributed by atoms with Crippen molar-refractivity contribution in [3.63, 3.8) is 0 Å². The van der Waals surface area contributed by atoms with Crippen molar-refractivity contribution in [2.45, 2.75) is 77.6 Å². The molecule has 0 aliphatic heterocycles. The van der Waals surface area contributed by atoms with Gasteiger partial charge in [0.25, 0.3) is 0 Å². The minimum atomic E-state index is -1.10.